The molecule has 3 heterocycles. The second-order valence-corrected chi connectivity index (χ2v) is 10.8. The van der Waals surface area contributed by atoms with Crippen LogP contribution in [-0.2, 0) is 5.54 Å². The first kappa shape index (κ1) is 21.6. The van der Waals surface area contributed by atoms with Crippen LogP contribution in [-0.4, -0.2) is 26.5 Å². The van der Waals surface area contributed by atoms with Gasteiger partial charge in [0.2, 0.25) is 0 Å². The van der Waals surface area contributed by atoms with Gasteiger partial charge in [0.05, 0.1) is 5.54 Å². The summed E-state index contributed by atoms with van der Waals surface area (Å²) in [5.74, 6) is 2.06. The molecule has 2 fully saturated rings. The number of nitrogen functional groups attached to an aromatic ring is 1. The van der Waals surface area contributed by atoms with Gasteiger partial charge in [-0.2, -0.15) is 0 Å². The molecule has 7 rings (SSSR count). The number of rotatable bonds is 5. The number of anilines is 2. The summed E-state index contributed by atoms with van der Waals surface area (Å²) < 4.78 is 2.17. The molecule has 2 aliphatic carbocycles. The smallest absolute Gasteiger partial charge is 0.150 e. The molecule has 2 aromatic heterocycles. The van der Waals surface area contributed by atoms with E-state index in [1.165, 1.54) is 30.4 Å². The third kappa shape index (κ3) is 3.51. The maximum atomic E-state index is 6.43. The molecule has 0 bridgehead atoms. The summed E-state index contributed by atoms with van der Waals surface area (Å²) in [6.45, 7) is 2.21. The van der Waals surface area contributed by atoms with Gasteiger partial charge in [0.25, 0.3) is 0 Å². The maximum Gasteiger partial charge on any atom is 0.150 e. The van der Waals surface area contributed by atoms with Crippen molar-refractivity contribution in [2.24, 2.45) is 0 Å². The minimum Gasteiger partial charge on any atom is -0.382 e. The molecule has 0 radical (unpaired) electrons. The van der Waals surface area contributed by atoms with Gasteiger partial charge in [0.15, 0.2) is 0 Å². The van der Waals surface area contributed by atoms with Gasteiger partial charge in [-0.05, 0) is 49.8 Å². The zero-order valence-corrected chi connectivity index (χ0v) is 20.6. The molecule has 1 unspecified atom stereocenters. The third-order valence-electron chi connectivity index (χ3n) is 8.38. The van der Waals surface area contributed by atoms with E-state index in [1.54, 1.807) is 6.20 Å². The van der Waals surface area contributed by atoms with Gasteiger partial charge in [-0.3, -0.25) is 4.40 Å². The Bertz CT molecular complexity index is 1460. The van der Waals surface area contributed by atoms with E-state index in [0.29, 0.717) is 17.8 Å². The molecule has 0 saturated heterocycles. The highest BCUT2D eigenvalue weighted by Crippen LogP contribution is 2.42. The van der Waals surface area contributed by atoms with Gasteiger partial charge in [0.1, 0.15) is 22.9 Å². The zero-order valence-electron chi connectivity index (χ0n) is 20.6. The van der Waals surface area contributed by atoms with Crippen molar-refractivity contribution >= 4 is 23.1 Å². The minimum atomic E-state index is -0.275. The Morgan fingerprint density at radius 1 is 1.08 bits per heavy atom. The van der Waals surface area contributed by atoms with E-state index in [1.807, 2.05) is 6.20 Å². The fourth-order valence-corrected chi connectivity index (χ4v) is 5.94. The van der Waals surface area contributed by atoms with E-state index in [2.05, 4.69) is 87.6 Å². The van der Waals surface area contributed by atoms with Crippen LogP contribution in [0.15, 0.2) is 67.0 Å². The molecule has 4 aromatic rings. The number of fused-ring (bicyclic) bond motifs is 2. The van der Waals surface area contributed by atoms with Crippen LogP contribution in [0.5, 0.6) is 0 Å². The van der Waals surface area contributed by atoms with Gasteiger partial charge in [-0.25, -0.2) is 9.97 Å². The standard InChI is InChI=1S/C30H32N6/c1-30(22-6-3-2-4-7-22)13-12-19-10-11-20(18-25(19)35-30)26-27-28(31)32-14-15-36(27)29(34-26)21-16-24(17-21)33-23-8-5-9-23/h2-4,6-7,10-15,18,21,23-24,33,35H,5,8-9,16-17H2,1H3,(H2,31,32). The molecule has 2 saturated carbocycles. The number of nitrogens with two attached hydrogens (primary N) is 1. The minimum absolute atomic E-state index is 0.275. The molecule has 36 heavy (non-hydrogen) atoms. The van der Waals surface area contributed by atoms with E-state index < -0.39 is 0 Å². The van der Waals surface area contributed by atoms with Crippen molar-refractivity contribution in [2.75, 3.05) is 11.1 Å². The van der Waals surface area contributed by atoms with Crippen LogP contribution in [0.2, 0.25) is 0 Å². The maximum absolute atomic E-state index is 6.43. The Labute approximate surface area is 211 Å². The van der Waals surface area contributed by atoms with Crippen LogP contribution < -0.4 is 16.4 Å². The molecule has 6 heteroatoms. The molecule has 182 valence electrons. The molecule has 4 N–H and O–H groups in total. The summed E-state index contributed by atoms with van der Waals surface area (Å²) in [5.41, 5.74) is 12.5. The van der Waals surface area contributed by atoms with Crippen molar-refractivity contribution in [3.8, 4) is 11.3 Å². The third-order valence-corrected chi connectivity index (χ3v) is 8.38. The predicted octanol–water partition coefficient (Wildman–Crippen LogP) is 5.72. The first-order valence-electron chi connectivity index (χ1n) is 13.1. The molecule has 0 amide bonds. The summed E-state index contributed by atoms with van der Waals surface area (Å²) in [7, 11) is 0. The lowest BCUT2D eigenvalue weighted by molar-refractivity contribution is 0.215. The van der Waals surface area contributed by atoms with Gasteiger partial charge in [0, 0.05) is 41.6 Å². The Morgan fingerprint density at radius 2 is 1.92 bits per heavy atom. The second kappa shape index (κ2) is 8.20. The Kier molecular flexibility index (Phi) is 4.93. The van der Waals surface area contributed by atoms with Gasteiger partial charge in [-0.1, -0.05) is 61.0 Å². The Hall–Kier alpha value is -3.64. The number of hydrogen-bond donors (Lipinski definition) is 3. The number of nitrogens with one attached hydrogen (secondary N) is 2. The summed E-state index contributed by atoms with van der Waals surface area (Å²) in [6.07, 6.45) is 14.5. The fraction of sp³-hybridized carbons (Fsp3) is 0.333. The molecule has 1 aliphatic heterocycles. The van der Waals surface area contributed by atoms with Crippen molar-refractivity contribution < 1.29 is 0 Å². The van der Waals surface area contributed by atoms with E-state index in [-0.39, 0.29) is 5.54 Å². The lowest BCUT2D eigenvalue weighted by Crippen LogP contribution is -2.48. The second-order valence-electron chi connectivity index (χ2n) is 10.8. The van der Waals surface area contributed by atoms with Gasteiger partial charge in [-0.15, -0.1) is 0 Å². The average molecular weight is 477 g/mol. The van der Waals surface area contributed by atoms with Crippen molar-refractivity contribution in [3.05, 3.63) is 84.0 Å². The topological polar surface area (TPSA) is 80.3 Å². The van der Waals surface area contributed by atoms with Gasteiger partial charge < -0.3 is 16.4 Å². The predicted molar refractivity (Wildman–Crippen MR) is 146 cm³/mol. The van der Waals surface area contributed by atoms with Crippen LogP contribution in [0, 0.1) is 0 Å². The van der Waals surface area contributed by atoms with Gasteiger partial charge >= 0.3 is 0 Å². The van der Waals surface area contributed by atoms with Crippen LogP contribution in [0.3, 0.4) is 0 Å². The number of hydrogen-bond acceptors (Lipinski definition) is 5. The Morgan fingerprint density at radius 3 is 2.69 bits per heavy atom. The van der Waals surface area contributed by atoms with Crippen molar-refractivity contribution in [1.29, 1.82) is 0 Å². The highest BCUT2D eigenvalue weighted by Gasteiger charge is 2.36. The normalized spacial score (nSPS) is 25.1. The van der Waals surface area contributed by atoms with Crippen LogP contribution in [0.4, 0.5) is 11.5 Å². The highest BCUT2D eigenvalue weighted by molar-refractivity contribution is 5.88. The summed E-state index contributed by atoms with van der Waals surface area (Å²) >= 11 is 0. The lowest BCUT2D eigenvalue weighted by atomic mass is 9.78. The number of imidazole rings is 1. The molecule has 3 aliphatic rings. The molecule has 6 nitrogen and oxygen atoms in total. The van der Waals surface area contributed by atoms with Crippen molar-refractivity contribution in [3.63, 3.8) is 0 Å². The molecule has 1 atom stereocenters. The van der Waals surface area contributed by atoms with E-state index in [4.69, 9.17) is 10.7 Å². The number of aromatic nitrogens is 3. The molecule has 0 spiro atoms. The van der Waals surface area contributed by atoms with Crippen molar-refractivity contribution in [2.45, 2.75) is 62.6 Å². The van der Waals surface area contributed by atoms with Crippen LogP contribution in [0.25, 0.3) is 22.9 Å². The first-order chi connectivity index (χ1) is 17.6. The number of nitrogens with zero attached hydrogens (tertiary/aromatic N) is 3. The van der Waals surface area contributed by atoms with E-state index in [9.17, 15) is 0 Å². The quantitative estimate of drug-likeness (QED) is 0.343. The first-order valence-corrected chi connectivity index (χ1v) is 13.1. The van der Waals surface area contributed by atoms with E-state index in [0.717, 1.165) is 47.2 Å². The molecular weight excluding hydrogens is 444 g/mol. The van der Waals surface area contributed by atoms with E-state index >= 15 is 0 Å². The summed E-state index contributed by atoms with van der Waals surface area (Å²) in [5, 5.41) is 7.59. The lowest BCUT2D eigenvalue weighted by Gasteiger charge is -2.40. The largest absolute Gasteiger partial charge is 0.382 e. The van der Waals surface area contributed by atoms with Crippen molar-refractivity contribution in [1.82, 2.24) is 19.7 Å². The number of benzene rings is 2. The summed E-state index contributed by atoms with van der Waals surface area (Å²) in [6, 6.07) is 18.4. The average Bonchev–Trinajstić information content (AvgIpc) is 3.23. The fourth-order valence-electron chi connectivity index (χ4n) is 5.94. The molecule has 2 aromatic carbocycles. The summed E-state index contributed by atoms with van der Waals surface area (Å²) in [4.78, 5) is 9.61. The molecular formula is C30H32N6. The van der Waals surface area contributed by atoms with Crippen LogP contribution in [0.1, 0.15) is 61.9 Å². The highest BCUT2D eigenvalue weighted by atomic mass is 15.1. The SMILES string of the molecule is CC1(c2ccccc2)C=Cc2ccc(-c3nc(C4CC(NC5CCC5)C4)n4ccnc(N)c34)cc2N1. The van der Waals surface area contributed by atoms with Crippen LogP contribution >= 0.6 is 0 Å². The zero-order chi connectivity index (χ0) is 24.3. The monoisotopic (exact) mass is 476 g/mol. The Balaban J connectivity index is 1.23.